The van der Waals surface area contributed by atoms with Crippen LogP contribution in [-0.4, -0.2) is 29.7 Å². The van der Waals surface area contributed by atoms with Gasteiger partial charge in [0.05, 0.1) is 7.11 Å². The number of nitrogens with zero attached hydrogens (tertiary/aromatic N) is 1. The van der Waals surface area contributed by atoms with Gasteiger partial charge in [-0.25, -0.2) is 0 Å². The molecule has 74 valence electrons. The van der Waals surface area contributed by atoms with Crippen LogP contribution in [0.3, 0.4) is 0 Å². The lowest BCUT2D eigenvalue weighted by molar-refractivity contribution is 0.416. The molecule has 6 nitrogen and oxygen atoms in total. The molecule has 0 saturated carbocycles. The number of nitrogens with one attached hydrogen (secondary N) is 3. The van der Waals surface area contributed by atoms with Crippen molar-refractivity contribution in [1.29, 1.82) is 10.8 Å². The van der Waals surface area contributed by atoms with Crippen molar-refractivity contribution in [1.82, 2.24) is 10.2 Å². The number of methoxy groups -OCH3 is 1. The number of H-pyrrole nitrogens is 1. The van der Waals surface area contributed by atoms with Gasteiger partial charge in [-0.05, 0) is 6.08 Å². The van der Waals surface area contributed by atoms with Crippen LogP contribution >= 0.6 is 0 Å². The zero-order chi connectivity index (χ0) is 10.6. The normalized spacial score (nSPS) is 11.1. The summed E-state index contributed by atoms with van der Waals surface area (Å²) in [5.74, 6) is 0.627. The Morgan fingerprint density at radius 2 is 2.29 bits per heavy atom. The van der Waals surface area contributed by atoms with E-state index in [1.165, 1.54) is 13.2 Å². The van der Waals surface area contributed by atoms with Gasteiger partial charge in [0.25, 0.3) is 0 Å². The van der Waals surface area contributed by atoms with Crippen molar-refractivity contribution in [3.8, 4) is 5.75 Å². The molecule has 0 saturated heterocycles. The molecule has 0 fully saturated rings. The zero-order valence-electron chi connectivity index (χ0n) is 7.66. The Kier molecular flexibility index (Phi) is 3.01. The maximum Gasteiger partial charge on any atom is 0.188 e. The van der Waals surface area contributed by atoms with E-state index < -0.39 is 0 Å². The quantitative estimate of drug-likeness (QED) is 0.527. The molecule has 0 aliphatic carbocycles. The van der Waals surface area contributed by atoms with E-state index in [1.807, 2.05) is 0 Å². The predicted octanol–water partition coefficient (Wildman–Crippen LogP) is 0.683. The van der Waals surface area contributed by atoms with E-state index in [0.29, 0.717) is 17.0 Å². The van der Waals surface area contributed by atoms with Gasteiger partial charge in [0.1, 0.15) is 5.69 Å². The van der Waals surface area contributed by atoms with Crippen LogP contribution in [0.25, 0.3) is 5.57 Å². The second kappa shape index (κ2) is 4.22. The SMILES string of the molecule is COc1c(N)n[nH]c1/C(C=N)=C/C=N. The van der Waals surface area contributed by atoms with Crippen molar-refractivity contribution in [2.75, 3.05) is 12.8 Å². The number of ether oxygens (including phenoxy) is 1. The van der Waals surface area contributed by atoms with E-state index >= 15 is 0 Å². The van der Waals surface area contributed by atoms with E-state index in [-0.39, 0.29) is 5.82 Å². The van der Waals surface area contributed by atoms with Crippen LogP contribution in [0.5, 0.6) is 5.75 Å². The molecule has 0 bridgehead atoms. The topological polar surface area (TPSA) is 112 Å². The maximum atomic E-state index is 7.14. The van der Waals surface area contributed by atoms with Gasteiger partial charge in [0, 0.05) is 18.0 Å². The van der Waals surface area contributed by atoms with Gasteiger partial charge in [-0.2, -0.15) is 5.10 Å². The molecule has 6 heteroatoms. The summed E-state index contributed by atoms with van der Waals surface area (Å²) < 4.78 is 5.01. The second-order valence-corrected chi connectivity index (χ2v) is 2.45. The molecule has 5 N–H and O–H groups in total. The van der Waals surface area contributed by atoms with Crippen LogP contribution in [0.15, 0.2) is 6.08 Å². The second-order valence-electron chi connectivity index (χ2n) is 2.45. The molecule has 1 heterocycles. The molecule has 0 aliphatic rings. The molecule has 0 aliphatic heterocycles. The monoisotopic (exact) mass is 193 g/mol. The first-order valence-corrected chi connectivity index (χ1v) is 3.84. The molecule has 0 amide bonds. The summed E-state index contributed by atoms with van der Waals surface area (Å²) in [6.45, 7) is 0. The minimum atomic E-state index is 0.236. The van der Waals surface area contributed by atoms with Crippen molar-refractivity contribution < 1.29 is 4.74 Å². The minimum absolute atomic E-state index is 0.236. The minimum Gasteiger partial charge on any atom is -0.491 e. The number of nitrogens with two attached hydrogens (primary N) is 1. The van der Waals surface area contributed by atoms with Crippen molar-refractivity contribution >= 4 is 23.8 Å². The van der Waals surface area contributed by atoms with Gasteiger partial charge in [0.2, 0.25) is 0 Å². The summed E-state index contributed by atoms with van der Waals surface area (Å²) in [5, 5.41) is 20.4. The number of aromatic nitrogens is 2. The van der Waals surface area contributed by atoms with E-state index in [2.05, 4.69) is 10.2 Å². The average Bonchev–Trinajstić information content (AvgIpc) is 2.56. The van der Waals surface area contributed by atoms with Gasteiger partial charge < -0.3 is 21.3 Å². The number of anilines is 1. The molecular formula is C8H11N5O. The van der Waals surface area contributed by atoms with Crippen LogP contribution in [0, 0.1) is 10.8 Å². The van der Waals surface area contributed by atoms with Gasteiger partial charge in [-0.15, -0.1) is 0 Å². The fourth-order valence-corrected chi connectivity index (χ4v) is 1.04. The van der Waals surface area contributed by atoms with Crippen molar-refractivity contribution in [3.05, 3.63) is 11.8 Å². The van der Waals surface area contributed by atoms with Gasteiger partial charge in [0.15, 0.2) is 11.6 Å². The summed E-state index contributed by atoms with van der Waals surface area (Å²) >= 11 is 0. The highest BCUT2D eigenvalue weighted by molar-refractivity contribution is 6.12. The van der Waals surface area contributed by atoms with Crippen molar-refractivity contribution in [2.24, 2.45) is 0 Å². The Balaban J connectivity index is 3.22. The first-order valence-electron chi connectivity index (χ1n) is 3.84. The third-order valence-corrected chi connectivity index (χ3v) is 1.66. The standard InChI is InChI=1S/C8H11N5O/c1-14-7-6(12-13-8(7)11)5(4-10)2-3-9/h2-4,9-10H,1H3,(H3,11,12,13)/b5-2+,9-3?,10-4?. The van der Waals surface area contributed by atoms with Gasteiger partial charge >= 0.3 is 0 Å². The van der Waals surface area contributed by atoms with Gasteiger partial charge in [-0.1, -0.05) is 0 Å². The summed E-state index contributed by atoms with van der Waals surface area (Å²) in [7, 11) is 1.47. The lowest BCUT2D eigenvalue weighted by Gasteiger charge is -2.01. The number of nitrogen functional groups attached to an aromatic ring is 1. The Bertz CT molecular complexity index is 379. The number of hydrogen-bond donors (Lipinski definition) is 4. The number of aromatic amines is 1. The van der Waals surface area contributed by atoms with Crippen LogP contribution in [0.4, 0.5) is 5.82 Å². The molecule has 1 aromatic heterocycles. The summed E-state index contributed by atoms with van der Waals surface area (Å²) in [5.41, 5.74) is 6.50. The zero-order valence-corrected chi connectivity index (χ0v) is 7.66. The first kappa shape index (κ1) is 9.97. The van der Waals surface area contributed by atoms with Crippen LogP contribution in [0.2, 0.25) is 0 Å². The number of rotatable bonds is 4. The molecule has 1 rings (SSSR count). The molecule has 1 aromatic rings. The van der Waals surface area contributed by atoms with Crippen molar-refractivity contribution in [3.63, 3.8) is 0 Å². The first-order chi connectivity index (χ1) is 6.74. The van der Waals surface area contributed by atoms with Gasteiger partial charge in [-0.3, -0.25) is 5.10 Å². The highest BCUT2D eigenvalue weighted by Crippen LogP contribution is 2.27. The third-order valence-electron chi connectivity index (χ3n) is 1.66. The van der Waals surface area contributed by atoms with E-state index in [1.54, 1.807) is 0 Å². The molecule has 14 heavy (non-hydrogen) atoms. The lowest BCUT2D eigenvalue weighted by atomic mass is 10.2. The molecule has 0 radical (unpaired) electrons. The third kappa shape index (κ3) is 1.63. The summed E-state index contributed by atoms with van der Waals surface area (Å²) in [6, 6.07) is 0. The number of hydrogen-bond acceptors (Lipinski definition) is 5. The van der Waals surface area contributed by atoms with E-state index in [4.69, 9.17) is 21.3 Å². The van der Waals surface area contributed by atoms with Crippen LogP contribution < -0.4 is 10.5 Å². The van der Waals surface area contributed by atoms with Crippen LogP contribution in [0.1, 0.15) is 5.69 Å². The van der Waals surface area contributed by atoms with E-state index in [9.17, 15) is 0 Å². The molecule has 0 spiro atoms. The van der Waals surface area contributed by atoms with Crippen molar-refractivity contribution in [2.45, 2.75) is 0 Å². The highest BCUT2D eigenvalue weighted by Gasteiger charge is 2.13. The number of allylic oxidation sites excluding steroid dienone is 2. The predicted molar refractivity (Wildman–Crippen MR) is 55.1 cm³/mol. The van der Waals surface area contributed by atoms with Crippen LogP contribution in [-0.2, 0) is 0 Å². The Morgan fingerprint density at radius 3 is 2.79 bits per heavy atom. The maximum absolute atomic E-state index is 7.14. The Morgan fingerprint density at radius 1 is 1.57 bits per heavy atom. The fraction of sp³-hybridized carbons (Fsp3) is 0.125. The molecule has 0 atom stereocenters. The molecular weight excluding hydrogens is 182 g/mol. The smallest absolute Gasteiger partial charge is 0.188 e. The fourth-order valence-electron chi connectivity index (χ4n) is 1.04. The average molecular weight is 193 g/mol. The lowest BCUT2D eigenvalue weighted by Crippen LogP contribution is -1.93. The summed E-state index contributed by atoms with van der Waals surface area (Å²) in [4.78, 5) is 0. The largest absolute Gasteiger partial charge is 0.491 e. The Labute approximate surface area is 80.8 Å². The Hall–Kier alpha value is -2.11. The summed E-state index contributed by atoms with van der Waals surface area (Å²) in [6.07, 6.45) is 3.62. The van der Waals surface area contributed by atoms with E-state index in [0.717, 1.165) is 12.4 Å². The highest BCUT2D eigenvalue weighted by atomic mass is 16.5. The molecule has 0 unspecified atom stereocenters. The molecule has 0 aromatic carbocycles.